The second-order valence-electron chi connectivity index (χ2n) is 16.4. The summed E-state index contributed by atoms with van der Waals surface area (Å²) in [4.78, 5) is 28.1. The SMILES string of the molecule is c1ccc(-c2ccc3c(c2)c2cc(-c4ccccc4)ccc2n3-c2ccc(-c3nc4ccncc4o3)cc2)cc1.c1ccc2c(c1)Oc1ccccc1N2c1ccc(-c2nc3nccnc3o2)nc1. The molecule has 0 amide bonds. The highest BCUT2D eigenvalue weighted by Gasteiger charge is 2.26. The standard InChI is InChI=1S/C36H23N3O.C22H13N5O2/c1-3-7-24(8-4-1)27-13-17-33-30(21-27)31-22-28(25-9-5-2-6-10-25)14-18-34(31)39(33)29-15-11-26(12-16-29)36-38-32-19-20-37-23-35(32)40-36;1-3-7-18-16(5-1)27(17-6-2-4-8-19(17)28-18)14-9-10-15(25-13-14)21-26-20-22(29-21)24-12-11-23-20/h1-23H;1-13H. The zero-order valence-electron chi connectivity index (χ0n) is 36.6. The van der Waals surface area contributed by atoms with Gasteiger partial charge in [0.05, 0.1) is 40.5 Å². The molecule has 11 nitrogen and oxygen atoms in total. The number of fused-ring (bicyclic) bond motifs is 7. The first-order chi connectivity index (χ1) is 34.2. The van der Waals surface area contributed by atoms with Crippen LogP contribution in [0.5, 0.6) is 11.5 Å². The second-order valence-corrected chi connectivity index (χ2v) is 16.4. The molecule has 0 bridgehead atoms. The van der Waals surface area contributed by atoms with Crippen LogP contribution in [0.1, 0.15) is 0 Å². The molecule has 0 unspecified atom stereocenters. The third-order valence-electron chi connectivity index (χ3n) is 12.2. The molecule has 0 atom stereocenters. The molecule has 11 heteroatoms. The van der Waals surface area contributed by atoms with Crippen molar-refractivity contribution in [3.8, 4) is 62.5 Å². The van der Waals surface area contributed by atoms with Gasteiger partial charge < -0.3 is 23.0 Å². The quantitative estimate of drug-likeness (QED) is 0.159. The van der Waals surface area contributed by atoms with Gasteiger partial charge in [-0.05, 0) is 113 Å². The number of nitrogens with zero attached hydrogens (tertiary/aromatic N) is 8. The Bertz CT molecular complexity index is 3790. The monoisotopic (exact) mass is 892 g/mol. The molecule has 0 spiro atoms. The number of para-hydroxylation sites is 4. The van der Waals surface area contributed by atoms with E-state index in [1.54, 1.807) is 31.0 Å². The molecule has 0 aliphatic carbocycles. The Morgan fingerprint density at radius 1 is 0.420 bits per heavy atom. The zero-order chi connectivity index (χ0) is 45.7. The number of aromatic nitrogens is 7. The maximum absolute atomic E-state index is 6.05. The van der Waals surface area contributed by atoms with Crippen LogP contribution in [0.4, 0.5) is 17.1 Å². The molecule has 14 rings (SSSR count). The van der Waals surface area contributed by atoms with E-state index >= 15 is 0 Å². The van der Waals surface area contributed by atoms with E-state index in [9.17, 15) is 0 Å². The van der Waals surface area contributed by atoms with Crippen LogP contribution in [-0.4, -0.2) is 34.5 Å². The Morgan fingerprint density at radius 3 is 1.65 bits per heavy atom. The van der Waals surface area contributed by atoms with Crippen LogP contribution in [0.2, 0.25) is 0 Å². The number of hydrogen-bond donors (Lipinski definition) is 0. The summed E-state index contributed by atoms with van der Waals surface area (Å²) >= 11 is 0. The van der Waals surface area contributed by atoms with Crippen LogP contribution in [-0.2, 0) is 0 Å². The fraction of sp³-hybridized carbons (Fsp3) is 0. The molecular weight excluding hydrogens is 857 g/mol. The van der Waals surface area contributed by atoms with Gasteiger partial charge in [0.2, 0.25) is 17.4 Å². The van der Waals surface area contributed by atoms with Crippen molar-refractivity contribution in [1.82, 2.24) is 34.5 Å². The van der Waals surface area contributed by atoms with Crippen LogP contribution in [0.25, 0.3) is 95.2 Å². The van der Waals surface area contributed by atoms with Crippen molar-refractivity contribution < 1.29 is 13.6 Å². The van der Waals surface area contributed by atoms with Crippen LogP contribution in [0, 0.1) is 0 Å². The first-order valence-corrected chi connectivity index (χ1v) is 22.4. The lowest BCUT2D eigenvalue weighted by Crippen LogP contribution is -2.15. The van der Waals surface area contributed by atoms with E-state index in [-0.39, 0.29) is 0 Å². The lowest BCUT2D eigenvalue weighted by Gasteiger charge is -2.32. The van der Waals surface area contributed by atoms with E-state index in [2.05, 4.69) is 161 Å². The number of pyridine rings is 2. The van der Waals surface area contributed by atoms with E-state index in [1.165, 1.54) is 44.1 Å². The van der Waals surface area contributed by atoms with Gasteiger partial charge >= 0.3 is 0 Å². The van der Waals surface area contributed by atoms with Gasteiger partial charge in [0.25, 0.3) is 5.71 Å². The Kier molecular flexibility index (Phi) is 9.53. The van der Waals surface area contributed by atoms with Crippen LogP contribution in [0.15, 0.2) is 228 Å². The summed E-state index contributed by atoms with van der Waals surface area (Å²) in [6.07, 6.45) is 8.38. The van der Waals surface area contributed by atoms with Crippen LogP contribution < -0.4 is 9.64 Å². The summed E-state index contributed by atoms with van der Waals surface area (Å²) in [7, 11) is 0. The van der Waals surface area contributed by atoms with Crippen molar-refractivity contribution in [2.24, 2.45) is 0 Å². The van der Waals surface area contributed by atoms with Crippen molar-refractivity contribution in [3.05, 3.63) is 219 Å². The highest BCUT2D eigenvalue weighted by atomic mass is 16.5. The van der Waals surface area contributed by atoms with E-state index < -0.39 is 0 Å². The average Bonchev–Trinajstić information content (AvgIpc) is 4.15. The number of benzene rings is 7. The molecule has 1 aliphatic heterocycles. The van der Waals surface area contributed by atoms with Crippen LogP contribution >= 0.6 is 0 Å². The molecule has 0 fully saturated rings. The fourth-order valence-electron chi connectivity index (χ4n) is 8.99. The fourth-order valence-corrected chi connectivity index (χ4v) is 8.99. The molecule has 7 heterocycles. The van der Waals surface area contributed by atoms with E-state index in [4.69, 9.17) is 13.6 Å². The van der Waals surface area contributed by atoms with Crippen molar-refractivity contribution in [1.29, 1.82) is 0 Å². The van der Waals surface area contributed by atoms with Crippen LogP contribution in [0.3, 0.4) is 0 Å². The largest absolute Gasteiger partial charge is 0.453 e. The zero-order valence-corrected chi connectivity index (χ0v) is 36.6. The summed E-state index contributed by atoms with van der Waals surface area (Å²) in [6.45, 7) is 0. The smallest absolute Gasteiger partial charge is 0.266 e. The van der Waals surface area contributed by atoms with Crippen molar-refractivity contribution in [3.63, 3.8) is 0 Å². The maximum atomic E-state index is 6.05. The van der Waals surface area contributed by atoms with E-state index in [0.29, 0.717) is 34.4 Å². The normalized spacial score (nSPS) is 11.9. The first kappa shape index (κ1) is 39.6. The molecule has 13 aromatic rings. The molecule has 0 saturated heterocycles. The van der Waals surface area contributed by atoms with Gasteiger partial charge in [-0.3, -0.25) is 4.98 Å². The molecule has 6 aromatic heterocycles. The minimum absolute atomic E-state index is 0.389. The number of hydrogen-bond acceptors (Lipinski definition) is 10. The van der Waals surface area contributed by atoms with Gasteiger partial charge in [-0.1, -0.05) is 97.1 Å². The molecule has 0 N–H and O–H groups in total. The Hall–Kier alpha value is -9.74. The lowest BCUT2D eigenvalue weighted by molar-refractivity contribution is 0.477. The van der Waals surface area contributed by atoms with Gasteiger partial charge in [-0.2, -0.15) is 4.98 Å². The summed E-state index contributed by atoms with van der Waals surface area (Å²) in [5, 5.41) is 2.45. The van der Waals surface area contributed by atoms with E-state index in [0.717, 1.165) is 45.3 Å². The van der Waals surface area contributed by atoms with Crippen molar-refractivity contribution >= 4 is 61.3 Å². The van der Waals surface area contributed by atoms with E-state index in [1.807, 2.05) is 66.7 Å². The highest BCUT2D eigenvalue weighted by Crippen LogP contribution is 2.50. The first-order valence-electron chi connectivity index (χ1n) is 22.4. The molecule has 0 radical (unpaired) electrons. The summed E-state index contributed by atoms with van der Waals surface area (Å²) < 4.78 is 20.0. The number of ether oxygens (including phenoxy) is 1. The Balaban J connectivity index is 0.000000143. The predicted octanol–water partition coefficient (Wildman–Crippen LogP) is 14.6. The van der Waals surface area contributed by atoms with Gasteiger partial charge in [-0.15, -0.1) is 0 Å². The number of oxazole rings is 2. The summed E-state index contributed by atoms with van der Waals surface area (Å²) in [5.41, 5.74) is 15.0. The molecule has 69 heavy (non-hydrogen) atoms. The third kappa shape index (κ3) is 7.18. The van der Waals surface area contributed by atoms with Gasteiger partial charge in [0.1, 0.15) is 11.2 Å². The topological polar surface area (TPSA) is 121 Å². The predicted molar refractivity (Wildman–Crippen MR) is 270 cm³/mol. The van der Waals surface area contributed by atoms with Gasteiger partial charge in [0.15, 0.2) is 17.1 Å². The van der Waals surface area contributed by atoms with Crippen molar-refractivity contribution in [2.45, 2.75) is 0 Å². The molecule has 1 aliphatic rings. The molecule has 7 aromatic carbocycles. The summed E-state index contributed by atoms with van der Waals surface area (Å²) in [5.74, 6) is 2.58. The Labute approximate surface area is 394 Å². The van der Waals surface area contributed by atoms with Gasteiger partial charge in [0, 0.05) is 40.6 Å². The minimum Gasteiger partial charge on any atom is -0.453 e. The maximum Gasteiger partial charge on any atom is 0.266 e. The highest BCUT2D eigenvalue weighted by molar-refractivity contribution is 6.11. The number of rotatable bonds is 6. The molecule has 0 saturated carbocycles. The lowest BCUT2D eigenvalue weighted by atomic mass is 10.0. The molecular formula is C58H36N8O3. The average molecular weight is 893 g/mol. The minimum atomic E-state index is 0.389. The van der Waals surface area contributed by atoms with Crippen molar-refractivity contribution in [2.75, 3.05) is 4.90 Å². The van der Waals surface area contributed by atoms with Gasteiger partial charge in [-0.25, -0.2) is 19.9 Å². The third-order valence-corrected chi connectivity index (χ3v) is 12.2. The Morgan fingerprint density at radius 2 is 1.03 bits per heavy atom. The summed E-state index contributed by atoms with van der Waals surface area (Å²) in [6, 6.07) is 64.7. The molecule has 326 valence electrons. The second kappa shape index (κ2) is 16.6. The number of anilines is 3.